The Morgan fingerprint density at radius 2 is 2.04 bits per heavy atom. The number of likely N-dealkylation sites (N-methyl/N-ethyl adjacent to an activating group) is 1. The molecule has 0 aliphatic heterocycles. The Kier molecular flexibility index (Phi) is 7.63. The summed E-state index contributed by atoms with van der Waals surface area (Å²) in [4.78, 5) is 8.77. The highest BCUT2D eigenvalue weighted by Crippen LogP contribution is 2.19. The maximum absolute atomic E-state index is 6.17. The van der Waals surface area contributed by atoms with Crippen molar-refractivity contribution in [3.63, 3.8) is 0 Å². The van der Waals surface area contributed by atoms with Gasteiger partial charge < -0.3 is 16.4 Å². The van der Waals surface area contributed by atoms with Gasteiger partial charge in [0.1, 0.15) is 5.84 Å². The van der Waals surface area contributed by atoms with Gasteiger partial charge >= 0.3 is 0 Å². The lowest BCUT2D eigenvalue weighted by molar-refractivity contribution is 0.655. The third-order valence-corrected chi connectivity index (χ3v) is 4.02. The number of pyridine rings is 1. The fourth-order valence-corrected chi connectivity index (χ4v) is 2.74. The highest BCUT2D eigenvalue weighted by Gasteiger charge is 2.10. The molecule has 0 radical (unpaired) electrons. The monoisotopic (exact) mass is 371 g/mol. The topological polar surface area (TPSA) is 75.3 Å². The van der Waals surface area contributed by atoms with Gasteiger partial charge in [-0.05, 0) is 62.4 Å². The summed E-state index contributed by atoms with van der Waals surface area (Å²) in [5.41, 5.74) is 9.64. The minimum absolute atomic E-state index is 0.255. The van der Waals surface area contributed by atoms with Crippen LogP contribution in [0.1, 0.15) is 31.9 Å². The molecule has 0 aliphatic carbocycles. The van der Waals surface area contributed by atoms with E-state index >= 15 is 0 Å². The van der Waals surface area contributed by atoms with Gasteiger partial charge in [0.2, 0.25) is 0 Å². The number of anilines is 1. The molecule has 5 nitrogen and oxygen atoms in total. The van der Waals surface area contributed by atoms with Gasteiger partial charge in [-0.25, -0.2) is 0 Å². The molecule has 138 valence electrons. The third kappa shape index (κ3) is 6.17. The zero-order chi connectivity index (χ0) is 18.9. The molecule has 1 aromatic heterocycles. The predicted octanol–water partition coefficient (Wildman–Crippen LogP) is 3.76. The van der Waals surface area contributed by atoms with Crippen molar-refractivity contribution in [1.29, 1.82) is 0 Å². The van der Waals surface area contributed by atoms with Crippen LogP contribution in [0.2, 0.25) is 5.02 Å². The molecule has 1 atom stereocenters. The number of aliphatic imine (C=N–C) groups is 1. The van der Waals surface area contributed by atoms with Crippen molar-refractivity contribution >= 4 is 23.1 Å². The molecule has 0 amide bonds. The van der Waals surface area contributed by atoms with E-state index in [2.05, 4.69) is 35.5 Å². The van der Waals surface area contributed by atoms with Gasteiger partial charge in [-0.1, -0.05) is 18.5 Å². The summed E-state index contributed by atoms with van der Waals surface area (Å²) in [5, 5.41) is 7.36. The Labute approximate surface area is 160 Å². The highest BCUT2D eigenvalue weighted by molar-refractivity contribution is 6.31. The number of hydrogen-bond acceptors (Lipinski definition) is 4. The van der Waals surface area contributed by atoms with Crippen LogP contribution in [0, 0.1) is 0 Å². The zero-order valence-corrected chi connectivity index (χ0v) is 16.2. The Morgan fingerprint density at radius 1 is 1.31 bits per heavy atom. The summed E-state index contributed by atoms with van der Waals surface area (Å²) in [6.07, 6.45) is 5.64. The molecule has 4 N–H and O–H groups in total. The van der Waals surface area contributed by atoms with E-state index in [1.54, 1.807) is 24.5 Å². The second-order valence-corrected chi connectivity index (χ2v) is 6.51. The lowest BCUT2D eigenvalue weighted by Gasteiger charge is -2.15. The maximum atomic E-state index is 6.17. The minimum atomic E-state index is 0.255. The van der Waals surface area contributed by atoms with Crippen LogP contribution in [0.3, 0.4) is 0 Å². The Hall–Kier alpha value is -2.37. The molecule has 2 rings (SSSR count). The predicted molar refractivity (Wildman–Crippen MR) is 110 cm³/mol. The first-order valence-corrected chi connectivity index (χ1v) is 9.05. The standard InChI is InChI=1S/C20H26ClN5/c1-4-24-14(2)11-15(3)26-20(18-12-17(21)5-6-19(18)22)25-13-16-7-9-23-10-8-16/h5-12,14,24H,4,13,22H2,1-3H3,(H,25,26)/b15-11+. The molecule has 1 unspecified atom stereocenters. The molecular weight excluding hydrogens is 346 g/mol. The average Bonchev–Trinajstić information content (AvgIpc) is 2.61. The number of benzene rings is 1. The number of nitrogens with zero attached hydrogens (tertiary/aromatic N) is 2. The van der Waals surface area contributed by atoms with Gasteiger partial charge in [0.15, 0.2) is 0 Å². The summed E-state index contributed by atoms with van der Waals surface area (Å²) in [7, 11) is 0. The van der Waals surface area contributed by atoms with Gasteiger partial charge in [-0.2, -0.15) is 0 Å². The quantitative estimate of drug-likeness (QED) is 0.393. The molecule has 6 heteroatoms. The zero-order valence-electron chi connectivity index (χ0n) is 15.5. The summed E-state index contributed by atoms with van der Waals surface area (Å²) in [5.74, 6) is 0.694. The van der Waals surface area contributed by atoms with Crippen molar-refractivity contribution in [1.82, 2.24) is 15.6 Å². The van der Waals surface area contributed by atoms with Gasteiger partial charge in [0, 0.05) is 40.4 Å². The van der Waals surface area contributed by atoms with Crippen LogP contribution in [0.15, 0.2) is 59.5 Å². The molecule has 2 aromatic rings. The number of amidine groups is 1. The molecule has 26 heavy (non-hydrogen) atoms. The molecule has 0 aliphatic rings. The van der Waals surface area contributed by atoms with Crippen LogP contribution in [-0.4, -0.2) is 23.4 Å². The van der Waals surface area contributed by atoms with E-state index in [-0.39, 0.29) is 6.04 Å². The van der Waals surface area contributed by atoms with Gasteiger partial charge in [-0.3, -0.25) is 9.98 Å². The number of nitrogens with one attached hydrogen (secondary N) is 2. The van der Waals surface area contributed by atoms with E-state index in [0.717, 1.165) is 23.4 Å². The average molecular weight is 372 g/mol. The van der Waals surface area contributed by atoms with Crippen molar-refractivity contribution in [3.8, 4) is 0 Å². The summed E-state index contributed by atoms with van der Waals surface area (Å²) in [6.45, 7) is 7.64. The van der Waals surface area contributed by atoms with Crippen LogP contribution < -0.4 is 16.4 Å². The van der Waals surface area contributed by atoms with Crippen molar-refractivity contribution in [2.45, 2.75) is 33.4 Å². The number of rotatable bonds is 7. The lowest BCUT2D eigenvalue weighted by Crippen LogP contribution is -2.28. The van der Waals surface area contributed by atoms with Gasteiger partial charge in [0.05, 0.1) is 6.54 Å². The highest BCUT2D eigenvalue weighted by atomic mass is 35.5. The van der Waals surface area contributed by atoms with Crippen LogP contribution in [-0.2, 0) is 6.54 Å². The van der Waals surface area contributed by atoms with E-state index in [9.17, 15) is 0 Å². The molecular formula is C20H26ClN5. The second kappa shape index (κ2) is 9.94. The second-order valence-electron chi connectivity index (χ2n) is 6.07. The molecule has 0 bridgehead atoms. The maximum Gasteiger partial charge on any atom is 0.134 e. The Bertz CT molecular complexity index is 771. The Morgan fingerprint density at radius 3 is 2.73 bits per heavy atom. The summed E-state index contributed by atoms with van der Waals surface area (Å²) < 4.78 is 0. The van der Waals surface area contributed by atoms with Crippen LogP contribution >= 0.6 is 11.6 Å². The first-order valence-electron chi connectivity index (χ1n) is 8.67. The lowest BCUT2D eigenvalue weighted by atomic mass is 10.1. The molecule has 0 fully saturated rings. The molecule has 0 saturated heterocycles. The van der Waals surface area contributed by atoms with E-state index in [1.807, 2.05) is 25.1 Å². The fourth-order valence-electron chi connectivity index (χ4n) is 2.57. The normalized spacial score (nSPS) is 13.5. The smallest absolute Gasteiger partial charge is 0.134 e. The van der Waals surface area contributed by atoms with E-state index < -0.39 is 0 Å². The molecule has 1 aromatic carbocycles. The number of allylic oxidation sites excluding steroid dienone is 1. The van der Waals surface area contributed by atoms with Crippen molar-refractivity contribution in [2.24, 2.45) is 4.99 Å². The first-order chi connectivity index (χ1) is 12.5. The summed E-state index contributed by atoms with van der Waals surface area (Å²) in [6, 6.07) is 9.54. The van der Waals surface area contributed by atoms with Gasteiger partial charge in [0.25, 0.3) is 0 Å². The van der Waals surface area contributed by atoms with Crippen molar-refractivity contribution in [2.75, 3.05) is 12.3 Å². The number of halogens is 1. The molecule has 0 spiro atoms. The van der Waals surface area contributed by atoms with Crippen molar-refractivity contribution in [3.05, 3.63) is 70.6 Å². The van der Waals surface area contributed by atoms with Crippen LogP contribution in [0.5, 0.6) is 0 Å². The van der Waals surface area contributed by atoms with E-state index in [1.165, 1.54) is 0 Å². The van der Waals surface area contributed by atoms with E-state index in [0.29, 0.717) is 23.1 Å². The summed E-state index contributed by atoms with van der Waals surface area (Å²) >= 11 is 6.17. The Balaban J connectivity index is 2.30. The first kappa shape index (κ1) is 19.9. The number of nitrogen functional groups attached to an aromatic ring is 1. The fraction of sp³-hybridized carbons (Fsp3) is 0.300. The third-order valence-electron chi connectivity index (χ3n) is 3.78. The molecule has 1 heterocycles. The van der Waals surface area contributed by atoms with Gasteiger partial charge in [-0.15, -0.1) is 0 Å². The minimum Gasteiger partial charge on any atom is -0.398 e. The SMILES string of the molecule is CCNC(C)/C=C(\C)NC(=NCc1ccncc1)c1cc(Cl)ccc1N. The number of hydrogen-bond donors (Lipinski definition) is 3. The van der Waals surface area contributed by atoms with Crippen LogP contribution in [0.25, 0.3) is 0 Å². The molecule has 0 saturated carbocycles. The van der Waals surface area contributed by atoms with E-state index in [4.69, 9.17) is 22.3 Å². The van der Waals surface area contributed by atoms with Crippen molar-refractivity contribution < 1.29 is 0 Å². The number of nitrogens with two attached hydrogens (primary N) is 1. The number of aromatic nitrogens is 1. The van der Waals surface area contributed by atoms with Crippen LogP contribution in [0.4, 0.5) is 5.69 Å². The largest absolute Gasteiger partial charge is 0.398 e.